The Morgan fingerprint density at radius 1 is 1.48 bits per heavy atom. The van der Waals surface area contributed by atoms with Crippen LogP contribution in [-0.4, -0.2) is 47.0 Å². The van der Waals surface area contributed by atoms with Crippen molar-refractivity contribution in [2.75, 3.05) is 25.5 Å². The van der Waals surface area contributed by atoms with Crippen molar-refractivity contribution in [3.05, 3.63) is 53.6 Å². The van der Waals surface area contributed by atoms with Crippen molar-refractivity contribution < 1.29 is 9.53 Å². The van der Waals surface area contributed by atoms with Crippen LogP contribution in [0.25, 0.3) is 11.1 Å². The monoisotopic (exact) mass is 340 g/mol. The van der Waals surface area contributed by atoms with Gasteiger partial charge in [-0.15, -0.1) is 0 Å². The Morgan fingerprint density at radius 3 is 3.08 bits per heavy atom. The number of nitrogens with one attached hydrogen (secondary N) is 2. The number of rotatable bonds is 5. The van der Waals surface area contributed by atoms with E-state index in [4.69, 9.17) is 4.74 Å². The maximum Gasteiger partial charge on any atom is 0.271 e. The molecule has 7 heteroatoms. The van der Waals surface area contributed by atoms with Crippen molar-refractivity contribution in [1.29, 1.82) is 0 Å². The molecule has 0 saturated carbocycles. The Morgan fingerprint density at radius 2 is 2.32 bits per heavy atom. The third kappa shape index (κ3) is 3.71. The quantitative estimate of drug-likeness (QED) is 0.808. The molecule has 0 aromatic carbocycles. The van der Waals surface area contributed by atoms with Crippen LogP contribution in [0, 0.1) is 0 Å². The van der Waals surface area contributed by atoms with Gasteiger partial charge in [0, 0.05) is 43.2 Å². The minimum absolute atomic E-state index is 0.0345. The van der Waals surface area contributed by atoms with E-state index in [9.17, 15) is 9.59 Å². The first-order valence-corrected chi connectivity index (χ1v) is 8.01. The topological polar surface area (TPSA) is 87.3 Å². The van der Waals surface area contributed by atoms with E-state index in [1.807, 2.05) is 6.07 Å². The Balaban J connectivity index is 1.79. The zero-order valence-electron chi connectivity index (χ0n) is 14.0. The first-order chi connectivity index (χ1) is 12.1. The van der Waals surface area contributed by atoms with Gasteiger partial charge in [0.15, 0.2) is 0 Å². The fraction of sp³-hybridized carbons (Fsp3) is 0.278. The van der Waals surface area contributed by atoms with Crippen LogP contribution in [0.15, 0.2) is 48.0 Å². The van der Waals surface area contributed by atoms with Crippen molar-refractivity contribution in [2.24, 2.45) is 0 Å². The summed E-state index contributed by atoms with van der Waals surface area (Å²) >= 11 is 0. The van der Waals surface area contributed by atoms with E-state index in [1.165, 1.54) is 6.08 Å². The predicted molar refractivity (Wildman–Crippen MR) is 95.7 cm³/mol. The van der Waals surface area contributed by atoms with E-state index in [1.54, 1.807) is 36.5 Å². The van der Waals surface area contributed by atoms with Crippen LogP contribution in [-0.2, 0) is 4.79 Å². The Labute approximate surface area is 145 Å². The lowest BCUT2D eigenvalue weighted by Crippen LogP contribution is -2.31. The standard InChI is InChI=1S/C18H20N4O3/c1-3-17(23)22-7-5-14(11-22)21-15-8-13(10-20-18(15)24)12-4-6-19-16(9-12)25-2/h3-4,6,8-10,14,21H,1,5,7,11H2,2H3,(H,20,24)/t14-/m1/s1. The smallest absolute Gasteiger partial charge is 0.271 e. The van der Waals surface area contributed by atoms with Gasteiger partial charge in [-0.05, 0) is 30.2 Å². The van der Waals surface area contributed by atoms with E-state index in [2.05, 4.69) is 21.9 Å². The second-order valence-electron chi connectivity index (χ2n) is 5.84. The van der Waals surface area contributed by atoms with E-state index in [-0.39, 0.29) is 17.5 Å². The van der Waals surface area contributed by atoms with Crippen LogP contribution in [0.4, 0.5) is 5.69 Å². The van der Waals surface area contributed by atoms with Crippen LogP contribution in [0.1, 0.15) is 6.42 Å². The van der Waals surface area contributed by atoms with Gasteiger partial charge in [0.2, 0.25) is 11.8 Å². The summed E-state index contributed by atoms with van der Waals surface area (Å²) in [5.41, 5.74) is 2.02. The molecule has 130 valence electrons. The summed E-state index contributed by atoms with van der Waals surface area (Å²) in [5, 5.41) is 3.24. The third-order valence-electron chi connectivity index (χ3n) is 4.21. The van der Waals surface area contributed by atoms with Crippen LogP contribution in [0.5, 0.6) is 5.88 Å². The molecule has 0 aliphatic carbocycles. The lowest BCUT2D eigenvalue weighted by molar-refractivity contribution is -0.125. The van der Waals surface area contributed by atoms with Crippen LogP contribution < -0.4 is 15.6 Å². The average molecular weight is 340 g/mol. The normalized spacial score (nSPS) is 16.5. The number of methoxy groups -OCH3 is 1. The molecule has 3 heterocycles. The minimum Gasteiger partial charge on any atom is -0.481 e. The fourth-order valence-electron chi connectivity index (χ4n) is 2.89. The highest BCUT2D eigenvalue weighted by Crippen LogP contribution is 2.23. The highest BCUT2D eigenvalue weighted by Gasteiger charge is 2.25. The van der Waals surface area contributed by atoms with Crippen molar-refractivity contribution in [1.82, 2.24) is 14.9 Å². The first-order valence-electron chi connectivity index (χ1n) is 8.01. The summed E-state index contributed by atoms with van der Waals surface area (Å²) in [6, 6.07) is 5.48. The molecular weight excluding hydrogens is 320 g/mol. The van der Waals surface area contributed by atoms with Gasteiger partial charge in [0.1, 0.15) is 5.69 Å². The Hall–Kier alpha value is -3.09. The minimum atomic E-state index is -0.196. The fourth-order valence-corrected chi connectivity index (χ4v) is 2.89. The number of H-pyrrole nitrogens is 1. The molecule has 2 N–H and O–H groups in total. The van der Waals surface area contributed by atoms with Gasteiger partial charge in [-0.2, -0.15) is 0 Å². The number of pyridine rings is 2. The number of aromatic nitrogens is 2. The third-order valence-corrected chi connectivity index (χ3v) is 4.21. The number of aromatic amines is 1. The largest absolute Gasteiger partial charge is 0.481 e. The second kappa shape index (κ2) is 7.21. The molecule has 25 heavy (non-hydrogen) atoms. The average Bonchev–Trinajstić information content (AvgIpc) is 3.11. The maximum atomic E-state index is 12.1. The van der Waals surface area contributed by atoms with Crippen molar-refractivity contribution in [2.45, 2.75) is 12.5 Å². The number of hydrogen-bond donors (Lipinski definition) is 2. The zero-order valence-corrected chi connectivity index (χ0v) is 14.0. The molecule has 1 aliphatic rings. The highest BCUT2D eigenvalue weighted by atomic mass is 16.5. The van der Waals surface area contributed by atoms with Gasteiger partial charge in [-0.25, -0.2) is 4.98 Å². The molecule has 1 fully saturated rings. The van der Waals surface area contributed by atoms with Crippen LogP contribution in [0.3, 0.4) is 0 Å². The number of carbonyl (C=O) groups is 1. The molecule has 1 aliphatic heterocycles. The molecule has 0 spiro atoms. The summed E-state index contributed by atoms with van der Waals surface area (Å²) in [6.45, 7) is 4.71. The molecular formula is C18H20N4O3. The summed E-state index contributed by atoms with van der Waals surface area (Å²) in [4.78, 5) is 32.4. The summed E-state index contributed by atoms with van der Waals surface area (Å²) < 4.78 is 5.14. The maximum absolute atomic E-state index is 12.1. The van der Waals surface area contributed by atoms with E-state index < -0.39 is 0 Å². The number of ether oxygens (including phenoxy) is 1. The van der Waals surface area contributed by atoms with E-state index in [0.717, 1.165) is 17.5 Å². The molecule has 0 unspecified atom stereocenters. The lowest BCUT2D eigenvalue weighted by atomic mass is 10.1. The van der Waals surface area contributed by atoms with Crippen molar-refractivity contribution in [3.8, 4) is 17.0 Å². The van der Waals surface area contributed by atoms with Gasteiger partial charge in [0.25, 0.3) is 5.56 Å². The van der Waals surface area contributed by atoms with Crippen molar-refractivity contribution in [3.63, 3.8) is 0 Å². The molecule has 1 amide bonds. The highest BCUT2D eigenvalue weighted by molar-refractivity contribution is 5.87. The SMILES string of the molecule is C=CC(=O)N1CC[C@@H](Nc2cc(-c3ccnc(OC)c3)c[nH]c2=O)C1. The first kappa shape index (κ1) is 16.8. The lowest BCUT2D eigenvalue weighted by Gasteiger charge is -2.16. The molecule has 2 aromatic rings. The molecule has 0 bridgehead atoms. The van der Waals surface area contributed by atoms with Gasteiger partial charge in [-0.3, -0.25) is 9.59 Å². The van der Waals surface area contributed by atoms with E-state index in [0.29, 0.717) is 24.7 Å². The summed E-state index contributed by atoms with van der Waals surface area (Å²) in [7, 11) is 1.56. The van der Waals surface area contributed by atoms with Gasteiger partial charge in [-0.1, -0.05) is 6.58 Å². The zero-order chi connectivity index (χ0) is 17.8. The number of carbonyl (C=O) groups excluding carboxylic acids is 1. The number of hydrogen-bond acceptors (Lipinski definition) is 5. The molecule has 3 rings (SSSR count). The van der Waals surface area contributed by atoms with Gasteiger partial charge < -0.3 is 19.9 Å². The molecule has 7 nitrogen and oxygen atoms in total. The molecule has 1 atom stereocenters. The summed E-state index contributed by atoms with van der Waals surface area (Å²) in [5.74, 6) is 0.420. The Kier molecular flexibility index (Phi) is 4.83. The molecule has 1 saturated heterocycles. The van der Waals surface area contributed by atoms with Crippen LogP contribution in [0.2, 0.25) is 0 Å². The molecule has 0 radical (unpaired) electrons. The van der Waals surface area contributed by atoms with Gasteiger partial charge >= 0.3 is 0 Å². The number of nitrogens with zero attached hydrogens (tertiary/aromatic N) is 2. The number of anilines is 1. The molecule has 2 aromatic heterocycles. The van der Waals surface area contributed by atoms with Crippen molar-refractivity contribution >= 4 is 11.6 Å². The van der Waals surface area contributed by atoms with Gasteiger partial charge in [0.05, 0.1) is 7.11 Å². The number of amides is 1. The van der Waals surface area contributed by atoms with Crippen LogP contribution >= 0.6 is 0 Å². The second-order valence-corrected chi connectivity index (χ2v) is 5.84. The summed E-state index contributed by atoms with van der Waals surface area (Å²) in [6.07, 6.45) is 5.41. The van der Waals surface area contributed by atoms with E-state index >= 15 is 0 Å². The number of likely N-dealkylation sites (tertiary alicyclic amines) is 1. The predicted octanol–water partition coefficient (Wildman–Crippen LogP) is 1.64. The Bertz CT molecular complexity index is 846.